The molecule has 2 heterocycles. The van der Waals surface area contributed by atoms with Crippen molar-refractivity contribution in [2.75, 3.05) is 12.8 Å². The van der Waals surface area contributed by atoms with E-state index in [1.54, 1.807) is 43.3 Å². The van der Waals surface area contributed by atoms with E-state index in [1.165, 1.54) is 17.9 Å². The van der Waals surface area contributed by atoms with Crippen LogP contribution in [0.3, 0.4) is 0 Å². The number of nitrogens with one attached hydrogen (secondary N) is 1. The average Bonchev–Trinajstić information content (AvgIpc) is 3.44. The average molecular weight is 434 g/mol. The van der Waals surface area contributed by atoms with Crippen LogP contribution >= 0.6 is 0 Å². The highest BCUT2D eigenvalue weighted by Gasteiger charge is 2.25. The zero-order chi connectivity index (χ0) is 22.7. The summed E-state index contributed by atoms with van der Waals surface area (Å²) in [5, 5.41) is 29.2. The number of hydrogen-bond donors (Lipinski definition) is 3. The van der Waals surface area contributed by atoms with Gasteiger partial charge in [-0.3, -0.25) is 4.79 Å². The standard InChI is InChI=1S/C20H18N8O4/c1-11(13-8-9-14(29)15(10-13)31-2)22-24-20(30)16-17(12-6-4-3-5-7-12)28(27-23-16)19-18(21)25-32-26-19/h3-10,29H,1-2H3,(H2,21,25)(H,24,30)/b22-11-. The second-order valence-corrected chi connectivity index (χ2v) is 6.56. The number of nitrogen functional groups attached to an aromatic ring is 1. The Morgan fingerprint density at radius 2 is 2.00 bits per heavy atom. The number of phenolic OH excluding ortho intramolecular Hbond substituents is 1. The lowest BCUT2D eigenvalue weighted by Gasteiger charge is -2.07. The molecule has 0 spiro atoms. The summed E-state index contributed by atoms with van der Waals surface area (Å²) in [4.78, 5) is 12.9. The number of methoxy groups -OCH3 is 1. The molecule has 0 radical (unpaired) electrons. The molecule has 0 atom stereocenters. The maximum absolute atomic E-state index is 12.9. The molecule has 0 unspecified atom stereocenters. The molecule has 2 aromatic heterocycles. The summed E-state index contributed by atoms with van der Waals surface area (Å²) in [5.41, 5.74) is 10.4. The molecule has 4 N–H and O–H groups in total. The molecule has 32 heavy (non-hydrogen) atoms. The van der Waals surface area contributed by atoms with Gasteiger partial charge in [-0.25, -0.2) is 10.1 Å². The number of carbonyl (C=O) groups is 1. The maximum atomic E-state index is 12.9. The van der Waals surface area contributed by atoms with Gasteiger partial charge in [0.25, 0.3) is 5.91 Å². The number of rotatable bonds is 6. The number of nitrogens with zero attached hydrogens (tertiary/aromatic N) is 6. The fourth-order valence-electron chi connectivity index (χ4n) is 2.93. The predicted molar refractivity (Wildman–Crippen MR) is 113 cm³/mol. The van der Waals surface area contributed by atoms with Crippen LogP contribution < -0.4 is 15.9 Å². The van der Waals surface area contributed by atoms with Crippen molar-refractivity contribution < 1.29 is 19.3 Å². The van der Waals surface area contributed by atoms with Crippen LogP contribution in [-0.2, 0) is 0 Å². The largest absolute Gasteiger partial charge is 0.504 e. The lowest BCUT2D eigenvalue weighted by Crippen LogP contribution is -2.21. The minimum atomic E-state index is -0.602. The van der Waals surface area contributed by atoms with Gasteiger partial charge in [-0.1, -0.05) is 35.5 Å². The number of hydrazone groups is 1. The molecule has 12 heteroatoms. The van der Waals surface area contributed by atoms with Crippen molar-refractivity contribution >= 4 is 17.4 Å². The van der Waals surface area contributed by atoms with E-state index in [4.69, 9.17) is 10.5 Å². The van der Waals surface area contributed by atoms with Crippen molar-refractivity contribution in [3.63, 3.8) is 0 Å². The van der Waals surface area contributed by atoms with Crippen LogP contribution in [-0.4, -0.2) is 49.1 Å². The summed E-state index contributed by atoms with van der Waals surface area (Å²) < 4.78 is 11.0. The van der Waals surface area contributed by atoms with E-state index in [2.05, 4.69) is 35.8 Å². The molecule has 162 valence electrons. The first-order chi connectivity index (χ1) is 15.5. The molecule has 4 aromatic rings. The predicted octanol–water partition coefficient (Wildman–Crippen LogP) is 1.77. The van der Waals surface area contributed by atoms with E-state index in [0.29, 0.717) is 22.5 Å². The third-order valence-corrected chi connectivity index (χ3v) is 4.55. The molecule has 12 nitrogen and oxygen atoms in total. The van der Waals surface area contributed by atoms with Crippen molar-refractivity contribution in [1.29, 1.82) is 0 Å². The highest BCUT2D eigenvalue weighted by atomic mass is 16.6. The molecular formula is C20H18N8O4. The third kappa shape index (κ3) is 3.84. The van der Waals surface area contributed by atoms with Crippen molar-refractivity contribution in [1.82, 2.24) is 30.7 Å². The van der Waals surface area contributed by atoms with Gasteiger partial charge >= 0.3 is 0 Å². The summed E-state index contributed by atoms with van der Waals surface area (Å²) in [6.07, 6.45) is 0. The summed E-state index contributed by atoms with van der Waals surface area (Å²) in [7, 11) is 1.44. The Morgan fingerprint density at radius 1 is 1.22 bits per heavy atom. The number of ether oxygens (including phenoxy) is 1. The van der Waals surface area contributed by atoms with Crippen LogP contribution in [0, 0.1) is 0 Å². The Balaban J connectivity index is 1.68. The molecule has 0 bridgehead atoms. The van der Waals surface area contributed by atoms with E-state index in [-0.39, 0.29) is 28.8 Å². The molecule has 4 rings (SSSR count). The van der Waals surface area contributed by atoms with Crippen LogP contribution in [0.1, 0.15) is 23.0 Å². The Kier molecular flexibility index (Phi) is 5.49. The van der Waals surface area contributed by atoms with Gasteiger partial charge in [0.2, 0.25) is 11.6 Å². The zero-order valence-electron chi connectivity index (χ0n) is 17.1. The third-order valence-electron chi connectivity index (χ3n) is 4.55. The number of amides is 1. The first-order valence-electron chi connectivity index (χ1n) is 9.31. The van der Waals surface area contributed by atoms with Crippen LogP contribution in [0.2, 0.25) is 0 Å². The lowest BCUT2D eigenvalue weighted by atomic mass is 10.1. The summed E-state index contributed by atoms with van der Waals surface area (Å²) >= 11 is 0. The molecule has 0 fully saturated rings. The van der Waals surface area contributed by atoms with Gasteiger partial charge in [0, 0.05) is 11.1 Å². The summed E-state index contributed by atoms with van der Waals surface area (Å²) in [6, 6.07) is 13.7. The minimum absolute atomic E-state index is 0.00109. The molecule has 2 aromatic carbocycles. The van der Waals surface area contributed by atoms with E-state index in [1.807, 2.05) is 6.07 Å². The second kappa shape index (κ2) is 8.55. The van der Waals surface area contributed by atoms with Gasteiger partial charge in [0.05, 0.1) is 12.8 Å². The number of aromatic hydroxyl groups is 1. The van der Waals surface area contributed by atoms with E-state index >= 15 is 0 Å². The normalized spacial score (nSPS) is 11.4. The molecule has 0 aliphatic carbocycles. The number of nitrogens with two attached hydrogens (primary N) is 1. The zero-order valence-corrected chi connectivity index (χ0v) is 17.1. The molecule has 0 saturated carbocycles. The van der Waals surface area contributed by atoms with Crippen molar-refractivity contribution in [2.24, 2.45) is 5.10 Å². The number of benzene rings is 2. The molecule has 1 amide bonds. The highest BCUT2D eigenvalue weighted by molar-refractivity contribution is 6.02. The Morgan fingerprint density at radius 3 is 2.69 bits per heavy atom. The minimum Gasteiger partial charge on any atom is -0.504 e. The quantitative estimate of drug-likeness (QED) is 0.303. The Bertz CT molecular complexity index is 1300. The van der Waals surface area contributed by atoms with E-state index in [0.717, 1.165) is 0 Å². The van der Waals surface area contributed by atoms with Gasteiger partial charge in [0.15, 0.2) is 17.2 Å². The van der Waals surface area contributed by atoms with Crippen LogP contribution in [0.15, 0.2) is 58.3 Å². The Labute approximate surface area is 181 Å². The molecular weight excluding hydrogens is 416 g/mol. The lowest BCUT2D eigenvalue weighted by molar-refractivity contribution is 0.0950. The fourth-order valence-corrected chi connectivity index (χ4v) is 2.93. The summed E-state index contributed by atoms with van der Waals surface area (Å²) in [6.45, 7) is 1.70. The maximum Gasteiger partial charge on any atom is 0.294 e. The smallest absolute Gasteiger partial charge is 0.294 e. The molecule has 0 saturated heterocycles. The van der Waals surface area contributed by atoms with Crippen molar-refractivity contribution in [3.8, 4) is 28.6 Å². The topological polar surface area (TPSA) is 167 Å². The SMILES string of the molecule is COc1cc(/C(C)=N\NC(=O)c2nnn(-c3nonc3N)c2-c2ccccc2)ccc1O. The van der Waals surface area contributed by atoms with Crippen LogP contribution in [0.5, 0.6) is 11.5 Å². The Hall–Kier alpha value is -4.74. The second-order valence-electron chi connectivity index (χ2n) is 6.56. The number of phenols is 1. The van der Waals surface area contributed by atoms with Gasteiger partial charge in [-0.05, 0) is 35.4 Å². The number of hydrogen-bond acceptors (Lipinski definition) is 10. The van der Waals surface area contributed by atoms with E-state index < -0.39 is 5.91 Å². The number of carbonyl (C=O) groups excluding carboxylic acids is 1. The fraction of sp³-hybridized carbons (Fsp3) is 0.100. The van der Waals surface area contributed by atoms with E-state index in [9.17, 15) is 9.90 Å². The van der Waals surface area contributed by atoms with Crippen molar-refractivity contribution in [3.05, 3.63) is 59.8 Å². The van der Waals surface area contributed by atoms with Crippen LogP contribution in [0.25, 0.3) is 17.1 Å². The van der Waals surface area contributed by atoms with Gasteiger partial charge in [-0.15, -0.1) is 5.10 Å². The monoisotopic (exact) mass is 434 g/mol. The number of anilines is 1. The first kappa shape index (κ1) is 20.5. The number of aromatic nitrogens is 5. The molecule has 0 aliphatic heterocycles. The first-order valence-corrected chi connectivity index (χ1v) is 9.31. The van der Waals surface area contributed by atoms with Gasteiger partial charge in [-0.2, -0.15) is 9.78 Å². The van der Waals surface area contributed by atoms with Crippen LogP contribution in [0.4, 0.5) is 5.82 Å². The van der Waals surface area contributed by atoms with Gasteiger partial charge in [0.1, 0.15) is 5.69 Å². The molecule has 0 aliphatic rings. The summed E-state index contributed by atoms with van der Waals surface area (Å²) in [5.74, 6) is -0.217. The highest BCUT2D eigenvalue weighted by Crippen LogP contribution is 2.27. The van der Waals surface area contributed by atoms with Crippen molar-refractivity contribution in [2.45, 2.75) is 6.92 Å². The van der Waals surface area contributed by atoms with Gasteiger partial charge < -0.3 is 15.6 Å².